The Kier molecular flexibility index (Phi) is 3.76. The number of aliphatic hydroxyl groups excluding tert-OH is 1. The van der Waals surface area contributed by atoms with E-state index < -0.39 is 0 Å². The van der Waals surface area contributed by atoms with E-state index in [9.17, 15) is 5.11 Å². The van der Waals surface area contributed by atoms with E-state index in [1.807, 2.05) is 0 Å². The molecule has 2 bridgehead atoms. The summed E-state index contributed by atoms with van der Waals surface area (Å²) in [5.41, 5.74) is 0. The first-order valence-corrected chi connectivity index (χ1v) is 7.82. The fraction of sp³-hybridized carbons (Fsp3) is 0.875. The lowest BCUT2D eigenvalue weighted by molar-refractivity contribution is 0.107. The third-order valence-corrected chi connectivity index (χ3v) is 5.52. The van der Waals surface area contributed by atoms with Gasteiger partial charge in [-0.3, -0.25) is 0 Å². The number of hydrogen-bond acceptors (Lipinski definition) is 2. The molecule has 0 aliphatic heterocycles. The molecule has 0 radical (unpaired) electrons. The number of hydrogen-bond donors (Lipinski definition) is 2. The maximum absolute atomic E-state index is 9.52. The molecule has 2 heteroatoms. The number of rotatable bonds is 4. The van der Waals surface area contributed by atoms with E-state index in [1.54, 1.807) is 0 Å². The van der Waals surface area contributed by atoms with Crippen LogP contribution in [-0.4, -0.2) is 23.8 Å². The molecule has 0 aromatic heterocycles. The van der Waals surface area contributed by atoms with Gasteiger partial charge in [0.25, 0.3) is 0 Å². The van der Waals surface area contributed by atoms with Gasteiger partial charge in [0.1, 0.15) is 0 Å². The molecular formula is C16H27NO. The van der Waals surface area contributed by atoms with Gasteiger partial charge in [0, 0.05) is 6.04 Å². The first kappa shape index (κ1) is 12.7. The largest absolute Gasteiger partial charge is 0.393 e. The minimum atomic E-state index is -0.0191. The minimum absolute atomic E-state index is 0.0191. The highest BCUT2D eigenvalue weighted by Gasteiger charge is 2.38. The lowest BCUT2D eigenvalue weighted by Gasteiger charge is -2.30. The molecule has 18 heavy (non-hydrogen) atoms. The zero-order valence-electron chi connectivity index (χ0n) is 11.5. The van der Waals surface area contributed by atoms with Crippen molar-refractivity contribution in [3.05, 3.63) is 12.2 Å². The van der Waals surface area contributed by atoms with Gasteiger partial charge in [-0.15, -0.1) is 0 Å². The Hall–Kier alpha value is -0.340. The normalized spacial score (nSPS) is 44.4. The van der Waals surface area contributed by atoms with Crippen LogP contribution in [0, 0.1) is 23.7 Å². The second-order valence-corrected chi connectivity index (χ2v) is 6.82. The van der Waals surface area contributed by atoms with Crippen LogP contribution in [0.1, 0.15) is 45.4 Å². The van der Waals surface area contributed by atoms with Crippen molar-refractivity contribution in [2.75, 3.05) is 6.54 Å². The Balaban J connectivity index is 1.42. The molecule has 0 aromatic rings. The van der Waals surface area contributed by atoms with E-state index in [4.69, 9.17) is 0 Å². The van der Waals surface area contributed by atoms with E-state index in [0.717, 1.165) is 43.1 Å². The summed E-state index contributed by atoms with van der Waals surface area (Å²) in [6.45, 7) is 3.53. The number of aliphatic hydroxyl groups is 1. The van der Waals surface area contributed by atoms with Crippen molar-refractivity contribution in [2.45, 2.75) is 57.6 Å². The molecule has 2 fully saturated rings. The predicted molar refractivity (Wildman–Crippen MR) is 74.3 cm³/mol. The van der Waals surface area contributed by atoms with Gasteiger partial charge in [0.2, 0.25) is 0 Å². The maximum atomic E-state index is 9.52. The van der Waals surface area contributed by atoms with E-state index in [0.29, 0.717) is 6.04 Å². The third-order valence-electron chi connectivity index (χ3n) is 5.52. The second-order valence-electron chi connectivity index (χ2n) is 6.82. The summed E-state index contributed by atoms with van der Waals surface area (Å²) < 4.78 is 0. The number of nitrogens with one attached hydrogen (secondary N) is 1. The smallest absolute Gasteiger partial charge is 0.0540 e. The third kappa shape index (κ3) is 2.65. The van der Waals surface area contributed by atoms with Crippen molar-refractivity contribution in [1.82, 2.24) is 5.32 Å². The highest BCUT2D eigenvalue weighted by atomic mass is 16.3. The molecule has 2 nitrogen and oxygen atoms in total. The van der Waals surface area contributed by atoms with Gasteiger partial charge in [0.15, 0.2) is 0 Å². The summed E-state index contributed by atoms with van der Waals surface area (Å²) in [7, 11) is 0. The Bertz CT molecular complexity index is 306. The van der Waals surface area contributed by atoms with Crippen LogP contribution < -0.4 is 5.32 Å². The van der Waals surface area contributed by atoms with Crippen LogP contribution in [0.4, 0.5) is 0 Å². The average Bonchev–Trinajstić information content (AvgIpc) is 3.00. The Labute approximate surface area is 111 Å². The number of fused-ring (bicyclic) bond motifs is 2. The highest BCUT2D eigenvalue weighted by Crippen LogP contribution is 2.44. The molecule has 0 saturated heterocycles. The van der Waals surface area contributed by atoms with Gasteiger partial charge in [-0.2, -0.15) is 0 Å². The molecule has 4 atom stereocenters. The molecule has 0 amide bonds. The van der Waals surface area contributed by atoms with Crippen molar-refractivity contribution in [3.8, 4) is 0 Å². The molecule has 2 saturated carbocycles. The number of allylic oxidation sites excluding steroid dienone is 2. The highest BCUT2D eigenvalue weighted by molar-refractivity contribution is 5.11. The van der Waals surface area contributed by atoms with Gasteiger partial charge in [-0.05, 0) is 75.7 Å². The Morgan fingerprint density at radius 1 is 1.17 bits per heavy atom. The molecule has 3 aliphatic rings. The molecule has 102 valence electrons. The van der Waals surface area contributed by atoms with Crippen molar-refractivity contribution < 1.29 is 5.11 Å². The van der Waals surface area contributed by atoms with E-state index in [1.165, 1.54) is 25.7 Å². The van der Waals surface area contributed by atoms with Crippen LogP contribution in [0.3, 0.4) is 0 Å². The quantitative estimate of drug-likeness (QED) is 0.751. The molecule has 0 aromatic carbocycles. The molecular weight excluding hydrogens is 222 g/mol. The summed E-state index contributed by atoms with van der Waals surface area (Å²) in [6.07, 6.45) is 12.1. The molecule has 3 rings (SSSR count). The van der Waals surface area contributed by atoms with Crippen molar-refractivity contribution in [2.24, 2.45) is 23.7 Å². The SMILES string of the molecule is CC(NCC1CCC(O)CC1)C1CC2C=CC1C2. The predicted octanol–water partition coefficient (Wildman–Crippen LogP) is 2.73. The van der Waals surface area contributed by atoms with Crippen LogP contribution in [0.5, 0.6) is 0 Å². The first-order valence-electron chi connectivity index (χ1n) is 7.82. The van der Waals surface area contributed by atoms with Crippen LogP contribution in [-0.2, 0) is 0 Å². The van der Waals surface area contributed by atoms with Crippen LogP contribution in [0.15, 0.2) is 12.2 Å². The Morgan fingerprint density at radius 3 is 2.56 bits per heavy atom. The molecule has 0 spiro atoms. The van der Waals surface area contributed by atoms with E-state index in [2.05, 4.69) is 24.4 Å². The fourth-order valence-corrected chi connectivity index (χ4v) is 4.25. The van der Waals surface area contributed by atoms with Gasteiger partial charge in [-0.25, -0.2) is 0 Å². The van der Waals surface area contributed by atoms with Crippen LogP contribution in [0.2, 0.25) is 0 Å². The summed E-state index contributed by atoms with van der Waals surface area (Å²) in [4.78, 5) is 0. The molecule has 2 N–H and O–H groups in total. The van der Waals surface area contributed by atoms with Gasteiger partial charge in [-0.1, -0.05) is 12.2 Å². The zero-order chi connectivity index (χ0) is 12.5. The fourth-order valence-electron chi connectivity index (χ4n) is 4.25. The van der Waals surface area contributed by atoms with Gasteiger partial charge in [0.05, 0.1) is 6.10 Å². The van der Waals surface area contributed by atoms with E-state index in [-0.39, 0.29) is 6.10 Å². The van der Waals surface area contributed by atoms with Crippen LogP contribution >= 0.6 is 0 Å². The second kappa shape index (κ2) is 5.34. The molecule has 3 aliphatic carbocycles. The minimum Gasteiger partial charge on any atom is -0.393 e. The Morgan fingerprint density at radius 2 is 1.94 bits per heavy atom. The summed E-state index contributed by atoms with van der Waals surface area (Å²) >= 11 is 0. The van der Waals surface area contributed by atoms with Crippen LogP contribution in [0.25, 0.3) is 0 Å². The van der Waals surface area contributed by atoms with Gasteiger partial charge >= 0.3 is 0 Å². The average molecular weight is 249 g/mol. The lowest BCUT2D eigenvalue weighted by Crippen LogP contribution is -2.39. The van der Waals surface area contributed by atoms with Gasteiger partial charge < -0.3 is 10.4 Å². The standard InChI is InChI=1S/C16H27NO/c1-11(16-9-13-2-5-14(16)8-13)17-10-12-3-6-15(18)7-4-12/h2,5,11-18H,3-4,6-10H2,1H3. The molecule has 4 unspecified atom stereocenters. The summed E-state index contributed by atoms with van der Waals surface area (Å²) in [6, 6.07) is 0.664. The first-order chi connectivity index (χ1) is 8.72. The topological polar surface area (TPSA) is 32.3 Å². The zero-order valence-corrected chi connectivity index (χ0v) is 11.5. The summed E-state index contributed by atoms with van der Waals surface area (Å²) in [5.74, 6) is 3.40. The maximum Gasteiger partial charge on any atom is 0.0540 e. The monoisotopic (exact) mass is 249 g/mol. The summed E-state index contributed by atoms with van der Waals surface area (Å²) in [5, 5.41) is 13.3. The molecule has 0 heterocycles. The van der Waals surface area contributed by atoms with Crippen molar-refractivity contribution >= 4 is 0 Å². The van der Waals surface area contributed by atoms with E-state index >= 15 is 0 Å². The van der Waals surface area contributed by atoms with Crippen molar-refractivity contribution in [3.63, 3.8) is 0 Å². The lowest BCUT2D eigenvalue weighted by atomic mass is 9.85. The van der Waals surface area contributed by atoms with Crippen molar-refractivity contribution in [1.29, 1.82) is 0 Å².